The van der Waals surface area contributed by atoms with E-state index >= 15 is 0 Å². The number of rotatable bonds is 4. The van der Waals surface area contributed by atoms with Crippen LogP contribution >= 0.6 is 24.0 Å². The Hall–Kier alpha value is -2.29. The van der Waals surface area contributed by atoms with Gasteiger partial charge in [-0.1, -0.05) is 35.9 Å². The molecule has 2 aliphatic rings. The van der Waals surface area contributed by atoms with Crippen molar-refractivity contribution in [3.8, 4) is 0 Å². The fourth-order valence-electron chi connectivity index (χ4n) is 4.30. The summed E-state index contributed by atoms with van der Waals surface area (Å²) >= 11 is 0. The predicted octanol–water partition coefficient (Wildman–Crippen LogP) is 3.34. The molecule has 0 aromatic heterocycles. The molecule has 0 saturated carbocycles. The van der Waals surface area contributed by atoms with Gasteiger partial charge in [0.2, 0.25) is 5.91 Å². The molecule has 31 heavy (non-hydrogen) atoms. The molecule has 1 amide bonds. The van der Waals surface area contributed by atoms with E-state index in [0.29, 0.717) is 12.0 Å². The maximum atomic E-state index is 12.9. The van der Waals surface area contributed by atoms with Gasteiger partial charge >= 0.3 is 0 Å². The summed E-state index contributed by atoms with van der Waals surface area (Å²) in [6.07, 6.45) is 3.09. The highest BCUT2D eigenvalue weighted by Crippen LogP contribution is 2.26. The van der Waals surface area contributed by atoms with Crippen molar-refractivity contribution in [3.05, 3.63) is 59.7 Å². The fourth-order valence-corrected chi connectivity index (χ4v) is 4.30. The quantitative estimate of drug-likeness (QED) is 0.360. The minimum Gasteiger partial charge on any atom is -0.369 e. The zero-order valence-electron chi connectivity index (χ0n) is 18.3. The highest BCUT2D eigenvalue weighted by molar-refractivity contribution is 14.0. The Kier molecular flexibility index (Phi) is 8.17. The number of carbonyl (C=O) groups is 1. The first-order valence-electron chi connectivity index (χ1n) is 10.8. The van der Waals surface area contributed by atoms with Crippen LogP contribution in [-0.4, -0.2) is 51.1 Å². The fraction of sp³-hybridized carbons (Fsp3) is 0.417. The minimum atomic E-state index is 0. The first-order chi connectivity index (χ1) is 14.6. The van der Waals surface area contributed by atoms with E-state index in [9.17, 15) is 4.79 Å². The van der Waals surface area contributed by atoms with Crippen LogP contribution in [0.2, 0.25) is 0 Å². The molecule has 1 unspecified atom stereocenters. The summed E-state index contributed by atoms with van der Waals surface area (Å²) in [5.41, 5.74) is 4.83. The third-order valence-electron chi connectivity index (χ3n) is 5.97. The van der Waals surface area contributed by atoms with Gasteiger partial charge in [0.05, 0.1) is 6.54 Å². The number of nitrogens with zero attached hydrogens (tertiary/aromatic N) is 3. The van der Waals surface area contributed by atoms with E-state index in [-0.39, 0.29) is 36.4 Å². The van der Waals surface area contributed by atoms with E-state index < -0.39 is 0 Å². The molecule has 1 fully saturated rings. The summed E-state index contributed by atoms with van der Waals surface area (Å²) in [6.45, 7) is 5.07. The van der Waals surface area contributed by atoms with Gasteiger partial charge in [-0.15, -0.1) is 24.0 Å². The second kappa shape index (κ2) is 10.8. The molecule has 6 nitrogen and oxygen atoms in total. The molecule has 7 heteroatoms. The average Bonchev–Trinajstić information content (AvgIpc) is 3.25. The Labute approximate surface area is 202 Å². The van der Waals surface area contributed by atoms with Crippen molar-refractivity contribution in [2.45, 2.75) is 32.2 Å². The van der Waals surface area contributed by atoms with E-state index in [2.05, 4.69) is 57.8 Å². The van der Waals surface area contributed by atoms with Crippen LogP contribution in [0.5, 0.6) is 0 Å². The number of aryl methyl sites for hydroxylation is 2. The molecular weight excluding hydrogens is 501 g/mol. The number of halogens is 1. The number of hydrogen-bond acceptors (Lipinski definition) is 3. The third kappa shape index (κ3) is 5.70. The molecule has 0 radical (unpaired) electrons. The van der Waals surface area contributed by atoms with Crippen LogP contribution in [-0.2, 0) is 11.2 Å². The molecule has 166 valence electrons. The van der Waals surface area contributed by atoms with Gasteiger partial charge in [0, 0.05) is 44.1 Å². The zero-order chi connectivity index (χ0) is 20.9. The maximum Gasteiger partial charge on any atom is 0.246 e. The van der Waals surface area contributed by atoms with E-state index in [1.807, 2.05) is 23.1 Å². The van der Waals surface area contributed by atoms with Gasteiger partial charge in [-0.3, -0.25) is 9.79 Å². The van der Waals surface area contributed by atoms with E-state index in [0.717, 1.165) is 44.6 Å². The van der Waals surface area contributed by atoms with Crippen molar-refractivity contribution in [3.63, 3.8) is 0 Å². The van der Waals surface area contributed by atoms with E-state index in [1.165, 1.54) is 16.8 Å². The average molecular weight is 533 g/mol. The van der Waals surface area contributed by atoms with Crippen molar-refractivity contribution in [1.29, 1.82) is 0 Å². The van der Waals surface area contributed by atoms with Gasteiger partial charge in [0.15, 0.2) is 5.96 Å². The molecule has 0 bridgehead atoms. The maximum absolute atomic E-state index is 12.9. The summed E-state index contributed by atoms with van der Waals surface area (Å²) in [6, 6.07) is 17.2. The van der Waals surface area contributed by atoms with E-state index in [1.54, 1.807) is 7.05 Å². The van der Waals surface area contributed by atoms with Gasteiger partial charge in [0.25, 0.3) is 0 Å². The van der Waals surface area contributed by atoms with Crippen LogP contribution in [0.15, 0.2) is 53.5 Å². The lowest BCUT2D eigenvalue weighted by molar-refractivity contribution is -0.117. The Balaban J connectivity index is 0.00000272. The largest absolute Gasteiger partial charge is 0.369 e. The van der Waals surface area contributed by atoms with Crippen LogP contribution in [0.3, 0.4) is 0 Å². The number of benzene rings is 2. The molecule has 0 aliphatic carbocycles. The lowest BCUT2D eigenvalue weighted by Gasteiger charge is -2.30. The summed E-state index contributed by atoms with van der Waals surface area (Å²) in [4.78, 5) is 21.5. The van der Waals surface area contributed by atoms with Gasteiger partial charge < -0.3 is 20.4 Å². The molecule has 2 heterocycles. The SMILES string of the molecule is CN=C(NCC(=O)N1CCCc2ccccc21)NC1CCN(c2ccc(C)cc2)C1.I. The predicted molar refractivity (Wildman–Crippen MR) is 139 cm³/mol. The summed E-state index contributed by atoms with van der Waals surface area (Å²) < 4.78 is 0. The first kappa shape index (κ1) is 23.4. The first-order valence-corrected chi connectivity index (χ1v) is 10.8. The second-order valence-electron chi connectivity index (χ2n) is 8.11. The number of guanidine groups is 1. The molecule has 2 N–H and O–H groups in total. The summed E-state index contributed by atoms with van der Waals surface area (Å²) in [7, 11) is 1.75. The number of nitrogens with one attached hydrogen (secondary N) is 2. The van der Waals surface area contributed by atoms with Crippen molar-refractivity contribution >= 4 is 47.2 Å². The van der Waals surface area contributed by atoms with Crippen LogP contribution < -0.4 is 20.4 Å². The van der Waals surface area contributed by atoms with Crippen molar-refractivity contribution < 1.29 is 4.79 Å². The van der Waals surface area contributed by atoms with Gasteiger partial charge in [0.1, 0.15) is 0 Å². The Morgan fingerprint density at radius 1 is 1.13 bits per heavy atom. The zero-order valence-corrected chi connectivity index (χ0v) is 20.6. The molecule has 0 spiro atoms. The summed E-state index contributed by atoms with van der Waals surface area (Å²) in [5, 5.41) is 6.70. The van der Waals surface area contributed by atoms with Gasteiger partial charge in [-0.2, -0.15) is 0 Å². The lowest BCUT2D eigenvalue weighted by atomic mass is 10.0. The molecule has 1 atom stereocenters. The van der Waals surface area contributed by atoms with E-state index in [4.69, 9.17) is 0 Å². The number of amides is 1. The lowest BCUT2D eigenvalue weighted by Crippen LogP contribution is -2.49. The number of carbonyl (C=O) groups excluding carboxylic acids is 1. The molecule has 1 saturated heterocycles. The molecule has 2 aromatic rings. The highest BCUT2D eigenvalue weighted by Gasteiger charge is 2.25. The van der Waals surface area contributed by atoms with Crippen molar-refractivity contribution in [2.24, 2.45) is 4.99 Å². The Bertz CT molecular complexity index is 914. The summed E-state index contributed by atoms with van der Waals surface area (Å²) in [5.74, 6) is 0.766. The standard InChI is InChI=1S/C24H31N5O.HI/c1-18-9-11-21(12-10-18)28-15-13-20(17-28)27-24(25-2)26-16-23(30)29-14-5-7-19-6-3-4-8-22(19)29;/h3-4,6,8-12,20H,5,7,13-17H2,1-2H3,(H2,25,26,27);1H. The molecule has 4 rings (SSSR count). The minimum absolute atomic E-state index is 0. The molecule has 2 aromatic carbocycles. The molecular formula is C24H32IN5O. The third-order valence-corrected chi connectivity index (χ3v) is 5.97. The van der Waals surface area contributed by atoms with Crippen LogP contribution in [0.25, 0.3) is 0 Å². The number of anilines is 2. The smallest absolute Gasteiger partial charge is 0.246 e. The normalized spacial score (nSPS) is 18.3. The Morgan fingerprint density at radius 2 is 1.90 bits per heavy atom. The highest BCUT2D eigenvalue weighted by atomic mass is 127. The monoisotopic (exact) mass is 533 g/mol. The number of para-hydroxylation sites is 1. The van der Waals surface area contributed by atoms with Crippen LogP contribution in [0, 0.1) is 6.92 Å². The second-order valence-corrected chi connectivity index (χ2v) is 8.11. The number of aliphatic imine (C=N–C) groups is 1. The van der Waals surface area contributed by atoms with Crippen molar-refractivity contribution in [1.82, 2.24) is 10.6 Å². The van der Waals surface area contributed by atoms with Crippen molar-refractivity contribution in [2.75, 3.05) is 43.0 Å². The van der Waals surface area contributed by atoms with Gasteiger partial charge in [-0.25, -0.2) is 0 Å². The van der Waals surface area contributed by atoms with Crippen LogP contribution in [0.4, 0.5) is 11.4 Å². The van der Waals surface area contributed by atoms with Gasteiger partial charge in [-0.05, 0) is 49.9 Å². The Morgan fingerprint density at radius 3 is 2.68 bits per heavy atom. The molecule has 2 aliphatic heterocycles. The van der Waals surface area contributed by atoms with Crippen LogP contribution in [0.1, 0.15) is 24.0 Å². The number of fused-ring (bicyclic) bond motifs is 1. The topological polar surface area (TPSA) is 60.0 Å². The number of hydrogen-bond donors (Lipinski definition) is 2.